The van der Waals surface area contributed by atoms with Crippen molar-refractivity contribution in [2.24, 2.45) is 5.10 Å². The molecule has 0 aliphatic heterocycles. The molecule has 0 atom stereocenters. The maximum Gasteiger partial charge on any atom is 0.0652 e. The first-order valence-corrected chi connectivity index (χ1v) is 12.2. The summed E-state index contributed by atoms with van der Waals surface area (Å²) in [5.74, 6) is 0. The fraction of sp³-hybridized carbons (Fsp3) is 0.0606. The second-order valence-corrected chi connectivity index (χ2v) is 8.83. The molecule has 0 aliphatic rings. The molecule has 5 aromatic carbocycles. The molecule has 0 unspecified atom stereocenters. The highest BCUT2D eigenvalue weighted by Crippen LogP contribution is 2.34. The van der Waals surface area contributed by atoms with Crippen molar-refractivity contribution < 1.29 is 0 Å². The summed E-state index contributed by atoms with van der Waals surface area (Å²) in [5.41, 5.74) is 8.91. The number of hydrazone groups is 1. The summed E-state index contributed by atoms with van der Waals surface area (Å²) in [5, 5.41) is 6.80. The number of anilines is 5. The molecule has 0 bridgehead atoms. The predicted molar refractivity (Wildman–Crippen MR) is 153 cm³/mol. The van der Waals surface area contributed by atoms with E-state index < -0.39 is 0 Å². The smallest absolute Gasteiger partial charge is 0.0652 e. The zero-order valence-corrected chi connectivity index (χ0v) is 20.6. The van der Waals surface area contributed by atoms with Crippen LogP contribution in [0.5, 0.6) is 0 Å². The molecular weight excluding hydrogens is 438 g/mol. The lowest BCUT2D eigenvalue weighted by Gasteiger charge is -2.26. The summed E-state index contributed by atoms with van der Waals surface area (Å²) in [6, 6.07) is 46.2. The number of hydrogen-bond acceptors (Lipinski definition) is 3. The van der Waals surface area contributed by atoms with Crippen LogP contribution in [0.15, 0.2) is 139 Å². The zero-order valence-electron chi connectivity index (χ0n) is 20.6. The van der Waals surface area contributed by atoms with Crippen LogP contribution in [0.2, 0.25) is 0 Å². The van der Waals surface area contributed by atoms with Gasteiger partial charge in [0.25, 0.3) is 0 Å². The Labute approximate surface area is 213 Å². The Kier molecular flexibility index (Phi) is 6.90. The van der Waals surface area contributed by atoms with Crippen LogP contribution in [0.25, 0.3) is 0 Å². The van der Waals surface area contributed by atoms with E-state index in [1.54, 1.807) is 0 Å². The van der Waals surface area contributed by atoms with Gasteiger partial charge in [0.05, 0.1) is 17.6 Å². The van der Waals surface area contributed by atoms with Gasteiger partial charge >= 0.3 is 0 Å². The lowest BCUT2D eigenvalue weighted by molar-refractivity contribution is 1.09. The van der Waals surface area contributed by atoms with Crippen molar-refractivity contribution in [2.45, 2.75) is 13.8 Å². The van der Waals surface area contributed by atoms with Crippen molar-refractivity contribution in [3.05, 3.63) is 150 Å². The van der Waals surface area contributed by atoms with E-state index in [1.807, 2.05) is 47.6 Å². The third-order valence-electron chi connectivity index (χ3n) is 6.06. The number of para-hydroxylation sites is 2. The Bertz CT molecular complexity index is 1320. The van der Waals surface area contributed by atoms with Crippen LogP contribution < -0.4 is 9.91 Å². The lowest BCUT2D eigenvalue weighted by Crippen LogP contribution is -2.10. The van der Waals surface area contributed by atoms with E-state index >= 15 is 0 Å². The van der Waals surface area contributed by atoms with Crippen molar-refractivity contribution in [1.82, 2.24) is 0 Å². The fourth-order valence-corrected chi connectivity index (χ4v) is 4.09. The second kappa shape index (κ2) is 10.7. The molecule has 0 spiro atoms. The molecule has 0 saturated carbocycles. The van der Waals surface area contributed by atoms with Gasteiger partial charge in [-0.2, -0.15) is 5.10 Å². The topological polar surface area (TPSA) is 18.8 Å². The molecule has 0 saturated heterocycles. The number of rotatable bonds is 7. The van der Waals surface area contributed by atoms with E-state index in [9.17, 15) is 0 Å². The monoisotopic (exact) mass is 467 g/mol. The fourth-order valence-electron chi connectivity index (χ4n) is 4.09. The lowest BCUT2D eigenvalue weighted by atomic mass is 10.1. The molecule has 0 amide bonds. The van der Waals surface area contributed by atoms with E-state index in [4.69, 9.17) is 5.10 Å². The maximum atomic E-state index is 4.84. The summed E-state index contributed by atoms with van der Waals surface area (Å²) >= 11 is 0. The number of nitrogens with zero attached hydrogens (tertiary/aromatic N) is 3. The van der Waals surface area contributed by atoms with Gasteiger partial charge in [-0.1, -0.05) is 83.9 Å². The van der Waals surface area contributed by atoms with Gasteiger partial charge in [0, 0.05) is 17.1 Å². The van der Waals surface area contributed by atoms with Crippen LogP contribution in [0.3, 0.4) is 0 Å². The van der Waals surface area contributed by atoms with Crippen molar-refractivity contribution in [1.29, 1.82) is 0 Å². The molecular formula is C33H29N3. The molecule has 0 fully saturated rings. The van der Waals surface area contributed by atoms with E-state index in [1.165, 1.54) is 11.1 Å². The Balaban J connectivity index is 1.46. The van der Waals surface area contributed by atoms with Crippen LogP contribution in [0.4, 0.5) is 28.4 Å². The van der Waals surface area contributed by atoms with Crippen molar-refractivity contribution in [3.8, 4) is 0 Å². The van der Waals surface area contributed by atoms with Gasteiger partial charge in [0.1, 0.15) is 0 Å². The Morgan fingerprint density at radius 3 is 1.25 bits per heavy atom. The first kappa shape index (κ1) is 23.1. The van der Waals surface area contributed by atoms with E-state index in [0.717, 1.165) is 34.0 Å². The van der Waals surface area contributed by atoms with Gasteiger partial charge in [0.2, 0.25) is 0 Å². The SMILES string of the molecule is Cc1ccc(N(c2ccc(C)cc2)c2ccc(C=NN(c3ccccc3)c3ccccc3)cc2)cc1. The molecule has 36 heavy (non-hydrogen) atoms. The first-order valence-electron chi connectivity index (χ1n) is 12.2. The molecule has 3 nitrogen and oxygen atoms in total. The van der Waals surface area contributed by atoms with E-state index in [0.29, 0.717) is 0 Å². The number of hydrogen-bond donors (Lipinski definition) is 0. The minimum absolute atomic E-state index is 1.02. The van der Waals surface area contributed by atoms with Crippen LogP contribution in [0.1, 0.15) is 16.7 Å². The van der Waals surface area contributed by atoms with E-state index in [2.05, 4.69) is 116 Å². The highest BCUT2D eigenvalue weighted by molar-refractivity contribution is 5.84. The summed E-state index contributed by atoms with van der Waals surface area (Å²) < 4.78 is 0. The molecule has 176 valence electrons. The van der Waals surface area contributed by atoms with Gasteiger partial charge in [0.15, 0.2) is 0 Å². The molecule has 0 radical (unpaired) electrons. The highest BCUT2D eigenvalue weighted by Gasteiger charge is 2.12. The van der Waals surface area contributed by atoms with E-state index in [-0.39, 0.29) is 0 Å². The van der Waals surface area contributed by atoms with Crippen molar-refractivity contribution in [2.75, 3.05) is 9.91 Å². The van der Waals surface area contributed by atoms with Crippen LogP contribution in [-0.4, -0.2) is 6.21 Å². The van der Waals surface area contributed by atoms with Gasteiger partial charge in [-0.05, 0) is 80.1 Å². The summed E-state index contributed by atoms with van der Waals surface area (Å²) in [6.45, 7) is 4.23. The third-order valence-corrected chi connectivity index (χ3v) is 6.06. The van der Waals surface area contributed by atoms with Gasteiger partial charge in [-0.15, -0.1) is 0 Å². The Morgan fingerprint density at radius 1 is 0.444 bits per heavy atom. The summed E-state index contributed by atoms with van der Waals surface area (Å²) in [7, 11) is 0. The minimum atomic E-state index is 1.02. The van der Waals surface area contributed by atoms with Crippen LogP contribution in [-0.2, 0) is 0 Å². The number of aryl methyl sites for hydroxylation is 2. The highest BCUT2D eigenvalue weighted by atomic mass is 15.5. The molecule has 0 aromatic heterocycles. The second-order valence-electron chi connectivity index (χ2n) is 8.83. The van der Waals surface area contributed by atoms with Gasteiger partial charge in [-0.25, -0.2) is 5.01 Å². The minimum Gasteiger partial charge on any atom is -0.311 e. The average Bonchev–Trinajstić information content (AvgIpc) is 2.93. The quantitative estimate of drug-likeness (QED) is 0.176. The van der Waals surface area contributed by atoms with Crippen LogP contribution >= 0.6 is 0 Å². The molecule has 0 N–H and O–H groups in total. The molecule has 5 aromatic rings. The predicted octanol–water partition coefficient (Wildman–Crippen LogP) is 8.95. The normalized spacial score (nSPS) is 10.9. The molecule has 3 heteroatoms. The first-order chi connectivity index (χ1) is 17.7. The van der Waals surface area contributed by atoms with Crippen LogP contribution in [0, 0.1) is 13.8 Å². The molecule has 5 rings (SSSR count). The zero-order chi connectivity index (χ0) is 24.7. The standard InChI is InChI=1S/C33H29N3/c1-26-13-19-29(20-14-26)35(30-21-15-27(2)16-22-30)31-23-17-28(18-24-31)25-34-36(32-9-5-3-6-10-32)33-11-7-4-8-12-33/h3-25H,1-2H3. The van der Waals surface area contributed by atoms with Gasteiger partial charge in [-0.3, -0.25) is 0 Å². The summed E-state index contributed by atoms with van der Waals surface area (Å²) in [6.07, 6.45) is 1.91. The number of benzene rings is 5. The summed E-state index contributed by atoms with van der Waals surface area (Å²) in [4.78, 5) is 2.28. The van der Waals surface area contributed by atoms with Gasteiger partial charge < -0.3 is 4.90 Å². The Hall–Kier alpha value is -4.63. The average molecular weight is 468 g/mol. The largest absolute Gasteiger partial charge is 0.311 e. The maximum absolute atomic E-state index is 4.84. The third kappa shape index (κ3) is 5.37. The van der Waals surface area contributed by atoms with Crippen molar-refractivity contribution >= 4 is 34.7 Å². The Morgan fingerprint density at radius 2 is 0.833 bits per heavy atom. The molecule has 0 aliphatic carbocycles. The molecule has 0 heterocycles. The van der Waals surface area contributed by atoms with Crippen molar-refractivity contribution in [3.63, 3.8) is 0 Å².